The van der Waals surface area contributed by atoms with Crippen molar-refractivity contribution in [2.24, 2.45) is 0 Å². The Bertz CT molecular complexity index is 83.8. The molecule has 5 atom stereocenters. The van der Waals surface area contributed by atoms with E-state index in [0.29, 0.717) is 0 Å². The lowest BCUT2D eigenvalue weighted by Gasteiger charge is -2.18. The van der Waals surface area contributed by atoms with Crippen LogP contribution < -0.4 is 0 Å². The Hall–Kier alpha value is 1.72. The van der Waals surface area contributed by atoms with Crippen LogP contribution in [0.5, 0.6) is 0 Å². The highest BCUT2D eigenvalue weighted by Gasteiger charge is 2.09. The van der Waals surface area contributed by atoms with Gasteiger partial charge in [-0.1, -0.05) is 21.1 Å². The summed E-state index contributed by atoms with van der Waals surface area (Å²) in [4.78, 5) is 0. The molecule has 0 fully saturated rings. The first-order valence-corrected chi connectivity index (χ1v) is 9.76. The summed E-state index contributed by atoms with van der Waals surface area (Å²) in [6, 6.07) is 0. The molecule has 0 aromatic carbocycles. The summed E-state index contributed by atoms with van der Waals surface area (Å²) >= 11 is 0. The fourth-order valence-corrected chi connectivity index (χ4v) is 2.83. The summed E-state index contributed by atoms with van der Waals surface area (Å²) in [5.41, 5.74) is 1.83. The van der Waals surface area contributed by atoms with E-state index >= 15 is 0 Å². The molecule has 4 heteroatoms. The Morgan fingerprint density at radius 2 is 1.90 bits per heavy atom. The average molecular weight is 214 g/mol. The van der Waals surface area contributed by atoms with Crippen LogP contribution in [-0.4, -0.2) is 18.0 Å². The van der Waals surface area contributed by atoms with E-state index < -0.39 is 0 Å². The number of hydrogen-bond acceptors (Lipinski definition) is 0. The van der Waals surface area contributed by atoms with Crippen molar-refractivity contribution in [3.8, 4) is 0 Å². The summed E-state index contributed by atoms with van der Waals surface area (Å²) in [6.07, 6.45) is 1.40. The normalized spacial score (nSPS) is 18.6. The van der Waals surface area contributed by atoms with Crippen LogP contribution in [0.1, 0.15) is 20.3 Å². The molecule has 0 aliphatic rings. The van der Waals surface area contributed by atoms with Crippen molar-refractivity contribution >= 4 is 33.7 Å². The van der Waals surface area contributed by atoms with E-state index in [1.807, 2.05) is 0 Å². The first kappa shape index (κ1) is 11.7. The van der Waals surface area contributed by atoms with Crippen LogP contribution in [0.2, 0.25) is 0 Å². The van der Waals surface area contributed by atoms with Gasteiger partial charge in [-0.15, -0.1) is 26.4 Å². The van der Waals surface area contributed by atoms with Crippen LogP contribution in [0.15, 0.2) is 0 Å². The van der Waals surface area contributed by atoms with E-state index in [1.54, 1.807) is 0 Å². The minimum absolute atomic E-state index is 0.138. The zero-order valence-electron chi connectivity index (χ0n) is 6.96. The molecule has 0 nitrogen and oxygen atoms in total. The van der Waals surface area contributed by atoms with Gasteiger partial charge in [-0.2, -0.15) is 0 Å². The Morgan fingerprint density at radius 3 is 2.20 bits per heavy atom. The second-order valence-electron chi connectivity index (χ2n) is 2.72. The molecule has 0 aliphatic heterocycles. The fraction of sp³-hybridized carbons (Fsp3) is 1.00. The van der Waals surface area contributed by atoms with E-state index in [4.69, 9.17) is 0 Å². The third kappa shape index (κ3) is 5.38. The maximum absolute atomic E-state index is 2.91. The van der Waals surface area contributed by atoms with Crippen molar-refractivity contribution in [3.05, 3.63) is 0 Å². The molecule has 0 amide bonds. The second-order valence-corrected chi connectivity index (χ2v) is 11.4. The summed E-state index contributed by atoms with van der Waals surface area (Å²) < 4.78 is 0. The smallest absolute Gasteiger partial charge is 0.0164 e. The molecule has 0 aromatic heterocycles. The molecule has 0 saturated carbocycles. The van der Waals surface area contributed by atoms with E-state index in [9.17, 15) is 0 Å². The van der Waals surface area contributed by atoms with Crippen molar-refractivity contribution in [1.82, 2.24) is 0 Å². The Kier molecular flexibility index (Phi) is 7.34. The van der Waals surface area contributed by atoms with E-state index in [-0.39, 0.29) is 7.30 Å². The Labute approximate surface area is 72.4 Å². The highest BCUT2D eigenvalue weighted by molar-refractivity contribution is 8.43. The maximum atomic E-state index is 2.91. The molecule has 3 unspecified atom stereocenters. The van der Waals surface area contributed by atoms with Gasteiger partial charge in [0.25, 0.3) is 0 Å². The largest absolute Gasteiger partial charge is 0.122 e. The van der Waals surface area contributed by atoms with Crippen LogP contribution in [0, 0.1) is 0 Å². The van der Waals surface area contributed by atoms with Gasteiger partial charge in [0, 0.05) is 0 Å². The van der Waals surface area contributed by atoms with Crippen LogP contribution in [0.25, 0.3) is 0 Å². The van der Waals surface area contributed by atoms with Gasteiger partial charge in [0.15, 0.2) is 0 Å². The Morgan fingerprint density at radius 1 is 1.40 bits per heavy atom. The maximum Gasteiger partial charge on any atom is -0.0164 e. The molecule has 0 aliphatic carbocycles. The summed E-state index contributed by atoms with van der Waals surface area (Å²) in [7, 11) is 7.08. The Balaban J connectivity index is 3.46. The van der Waals surface area contributed by atoms with Crippen LogP contribution >= 0.6 is 33.7 Å². The molecule has 0 N–H and O–H groups in total. The zero-order valence-corrected chi connectivity index (χ0v) is 11.2. The lowest BCUT2D eigenvalue weighted by Crippen LogP contribution is -2.03. The molecule has 10 heavy (non-hydrogen) atoms. The third-order valence-corrected chi connectivity index (χ3v) is 7.20. The monoisotopic (exact) mass is 214 g/mol. The summed E-state index contributed by atoms with van der Waals surface area (Å²) in [5.74, 6) is 0. The third-order valence-electron chi connectivity index (χ3n) is 1.70. The SMILES string of the molecule is CP[C@@H](C)C[C@H](C)P(P)P. The highest BCUT2D eigenvalue weighted by Crippen LogP contribution is 2.58. The van der Waals surface area contributed by atoms with Crippen molar-refractivity contribution < 1.29 is 0 Å². The van der Waals surface area contributed by atoms with Gasteiger partial charge in [0.1, 0.15) is 0 Å². The van der Waals surface area contributed by atoms with E-state index in [1.165, 1.54) is 6.42 Å². The van der Waals surface area contributed by atoms with Gasteiger partial charge in [0.2, 0.25) is 0 Å². The average Bonchev–Trinajstić information content (AvgIpc) is 1.87. The van der Waals surface area contributed by atoms with E-state index in [0.717, 1.165) is 19.9 Å². The van der Waals surface area contributed by atoms with Crippen molar-refractivity contribution in [1.29, 1.82) is 0 Å². The van der Waals surface area contributed by atoms with Crippen molar-refractivity contribution in [3.63, 3.8) is 0 Å². The number of rotatable bonds is 4. The van der Waals surface area contributed by atoms with Crippen molar-refractivity contribution in [2.45, 2.75) is 31.6 Å². The van der Waals surface area contributed by atoms with Gasteiger partial charge < -0.3 is 0 Å². The summed E-state index contributed by atoms with van der Waals surface area (Å²) in [5, 5.41) is 0. The molecule has 0 bridgehead atoms. The molecule has 0 rings (SSSR count). The van der Waals surface area contributed by atoms with Crippen LogP contribution in [-0.2, 0) is 0 Å². The molecular weight excluding hydrogens is 196 g/mol. The quantitative estimate of drug-likeness (QED) is 0.628. The second kappa shape index (κ2) is 6.26. The minimum Gasteiger partial charge on any atom is -0.122 e. The first-order valence-electron chi connectivity index (χ1n) is 3.53. The van der Waals surface area contributed by atoms with Gasteiger partial charge in [0.05, 0.1) is 0 Å². The van der Waals surface area contributed by atoms with Gasteiger partial charge >= 0.3 is 0 Å². The van der Waals surface area contributed by atoms with E-state index in [2.05, 4.69) is 38.4 Å². The predicted molar refractivity (Wildman–Crippen MR) is 64.1 cm³/mol. The van der Waals surface area contributed by atoms with Gasteiger partial charge in [-0.25, -0.2) is 0 Å². The predicted octanol–water partition coefficient (Wildman–Crippen LogP) is 3.52. The molecule has 62 valence electrons. The first-order chi connectivity index (χ1) is 4.57. The molecule has 0 saturated heterocycles. The van der Waals surface area contributed by atoms with Crippen LogP contribution in [0.3, 0.4) is 0 Å². The van der Waals surface area contributed by atoms with Crippen molar-refractivity contribution in [2.75, 3.05) is 6.66 Å². The molecule has 0 heterocycles. The lowest BCUT2D eigenvalue weighted by atomic mass is 10.3. The standard InChI is InChI=1S/C6H18P4/c1-5(9-3)4-6(2)10(7)8/h5-6,9H,4,7-8H2,1-3H3/t5-,6-/m0/s1. The molecule has 0 aromatic rings. The molecular formula is C6H18P4. The van der Waals surface area contributed by atoms with Crippen LogP contribution in [0.4, 0.5) is 0 Å². The zero-order chi connectivity index (χ0) is 8.15. The fourth-order valence-electron chi connectivity index (χ4n) is 0.751. The van der Waals surface area contributed by atoms with Gasteiger partial charge in [-0.05, 0) is 24.4 Å². The molecule has 0 radical (unpaired) electrons. The topological polar surface area (TPSA) is 0 Å². The van der Waals surface area contributed by atoms with Gasteiger partial charge in [-0.3, -0.25) is 0 Å². The highest BCUT2D eigenvalue weighted by atomic mass is 32.4. The molecule has 0 spiro atoms. The summed E-state index contributed by atoms with van der Waals surface area (Å²) in [6.45, 7) is 7.00. The number of hydrogen-bond donors (Lipinski definition) is 0. The lowest BCUT2D eigenvalue weighted by molar-refractivity contribution is 0.798. The minimum atomic E-state index is 0.138.